The average molecular weight is 262 g/mol. The molecule has 1 amide bonds. The molecule has 0 aliphatic heterocycles. The fraction of sp³-hybridized carbons (Fsp3) is 0.562. The molecule has 0 aliphatic carbocycles. The minimum absolute atomic E-state index is 0.0774. The summed E-state index contributed by atoms with van der Waals surface area (Å²) >= 11 is 0. The lowest BCUT2D eigenvalue weighted by molar-refractivity contribution is -0.124. The molecule has 0 fully saturated rings. The quantitative estimate of drug-likeness (QED) is 0.828. The van der Waals surface area contributed by atoms with Gasteiger partial charge in [-0.05, 0) is 37.8 Å². The molecular formula is C16H26N2O. The summed E-state index contributed by atoms with van der Waals surface area (Å²) in [5, 5.41) is 3.03. The van der Waals surface area contributed by atoms with Gasteiger partial charge in [0.05, 0.1) is 11.6 Å². The third-order valence-corrected chi connectivity index (χ3v) is 3.46. The van der Waals surface area contributed by atoms with Crippen LogP contribution in [0.15, 0.2) is 24.3 Å². The van der Waals surface area contributed by atoms with Crippen LogP contribution in [0.25, 0.3) is 0 Å². The summed E-state index contributed by atoms with van der Waals surface area (Å²) < 4.78 is 0. The normalized spacial score (nSPS) is 13.1. The van der Waals surface area contributed by atoms with E-state index in [-0.39, 0.29) is 5.91 Å². The molecule has 0 saturated carbocycles. The second-order valence-corrected chi connectivity index (χ2v) is 5.56. The first-order valence-electron chi connectivity index (χ1n) is 7.07. The Balaban J connectivity index is 2.76. The van der Waals surface area contributed by atoms with Crippen LogP contribution in [-0.4, -0.2) is 11.9 Å². The fourth-order valence-electron chi connectivity index (χ4n) is 2.07. The topological polar surface area (TPSA) is 55.1 Å². The van der Waals surface area contributed by atoms with Gasteiger partial charge in [0.25, 0.3) is 0 Å². The molecule has 1 aromatic carbocycles. The van der Waals surface area contributed by atoms with E-state index in [9.17, 15) is 4.79 Å². The number of benzene rings is 1. The van der Waals surface area contributed by atoms with Gasteiger partial charge < -0.3 is 11.1 Å². The molecule has 0 aromatic heterocycles. The molecule has 0 aliphatic rings. The van der Waals surface area contributed by atoms with Crippen molar-refractivity contribution in [3.05, 3.63) is 35.4 Å². The van der Waals surface area contributed by atoms with Crippen molar-refractivity contribution < 1.29 is 4.79 Å². The first kappa shape index (κ1) is 15.7. The van der Waals surface area contributed by atoms with E-state index in [1.165, 1.54) is 5.56 Å². The first-order valence-corrected chi connectivity index (χ1v) is 7.07. The lowest BCUT2D eigenvalue weighted by atomic mass is 9.92. The van der Waals surface area contributed by atoms with Gasteiger partial charge in [-0.1, -0.05) is 44.5 Å². The van der Waals surface area contributed by atoms with Crippen molar-refractivity contribution >= 4 is 5.91 Å². The van der Waals surface area contributed by atoms with Crippen LogP contribution < -0.4 is 11.1 Å². The molecule has 19 heavy (non-hydrogen) atoms. The maximum atomic E-state index is 12.0. The Bertz CT molecular complexity index is 409. The molecule has 0 spiro atoms. The van der Waals surface area contributed by atoms with Crippen LogP contribution >= 0.6 is 0 Å². The van der Waals surface area contributed by atoms with E-state index < -0.39 is 11.6 Å². The summed E-state index contributed by atoms with van der Waals surface area (Å²) in [4.78, 5) is 12.0. The van der Waals surface area contributed by atoms with E-state index in [4.69, 9.17) is 5.73 Å². The van der Waals surface area contributed by atoms with E-state index in [1.54, 1.807) is 0 Å². The van der Waals surface area contributed by atoms with E-state index in [2.05, 4.69) is 36.5 Å². The second kappa shape index (κ2) is 6.71. The highest BCUT2D eigenvalue weighted by Crippen LogP contribution is 2.21. The Morgan fingerprint density at radius 3 is 2.32 bits per heavy atom. The third kappa shape index (κ3) is 4.35. The minimum Gasteiger partial charge on any atom is -0.346 e. The van der Waals surface area contributed by atoms with Crippen molar-refractivity contribution in [3.63, 3.8) is 0 Å². The molecule has 1 aromatic rings. The SMILES string of the molecule is CCCC(N)C(=O)NC(C)(C)c1ccc(CC)cc1. The van der Waals surface area contributed by atoms with Gasteiger partial charge in [-0.3, -0.25) is 4.79 Å². The molecule has 1 atom stereocenters. The highest BCUT2D eigenvalue weighted by molar-refractivity contribution is 5.82. The molecular weight excluding hydrogens is 236 g/mol. The molecule has 1 rings (SSSR count). The van der Waals surface area contributed by atoms with Gasteiger partial charge >= 0.3 is 0 Å². The lowest BCUT2D eigenvalue weighted by Gasteiger charge is -2.28. The van der Waals surface area contributed by atoms with E-state index >= 15 is 0 Å². The molecule has 0 radical (unpaired) electrons. The van der Waals surface area contributed by atoms with Crippen molar-refractivity contribution in [2.24, 2.45) is 5.73 Å². The van der Waals surface area contributed by atoms with Gasteiger partial charge in [0.1, 0.15) is 0 Å². The first-order chi connectivity index (χ1) is 8.90. The summed E-state index contributed by atoms with van der Waals surface area (Å²) in [7, 11) is 0. The van der Waals surface area contributed by atoms with Gasteiger partial charge in [-0.25, -0.2) is 0 Å². The molecule has 3 N–H and O–H groups in total. The zero-order valence-corrected chi connectivity index (χ0v) is 12.5. The van der Waals surface area contributed by atoms with Gasteiger partial charge in [0.15, 0.2) is 0 Å². The highest BCUT2D eigenvalue weighted by atomic mass is 16.2. The second-order valence-electron chi connectivity index (χ2n) is 5.56. The predicted molar refractivity (Wildman–Crippen MR) is 79.9 cm³/mol. The third-order valence-electron chi connectivity index (χ3n) is 3.46. The smallest absolute Gasteiger partial charge is 0.237 e. The Hall–Kier alpha value is -1.35. The number of amides is 1. The monoisotopic (exact) mass is 262 g/mol. The number of nitrogens with one attached hydrogen (secondary N) is 1. The number of hydrogen-bond donors (Lipinski definition) is 2. The van der Waals surface area contributed by atoms with Crippen LogP contribution in [0.4, 0.5) is 0 Å². The molecule has 0 bridgehead atoms. The van der Waals surface area contributed by atoms with Crippen LogP contribution in [0.5, 0.6) is 0 Å². The molecule has 3 heteroatoms. The number of rotatable bonds is 6. The van der Waals surface area contributed by atoms with Gasteiger partial charge in [0.2, 0.25) is 5.91 Å². The Morgan fingerprint density at radius 2 is 1.84 bits per heavy atom. The van der Waals surface area contributed by atoms with Crippen LogP contribution in [-0.2, 0) is 16.8 Å². The minimum atomic E-state index is -0.417. The maximum Gasteiger partial charge on any atom is 0.237 e. The largest absolute Gasteiger partial charge is 0.346 e. The summed E-state index contributed by atoms with van der Waals surface area (Å²) in [6.07, 6.45) is 2.66. The summed E-state index contributed by atoms with van der Waals surface area (Å²) in [5.41, 5.74) is 7.85. The van der Waals surface area contributed by atoms with Crippen LogP contribution in [0.1, 0.15) is 51.7 Å². The zero-order chi connectivity index (χ0) is 14.5. The van der Waals surface area contributed by atoms with Crippen molar-refractivity contribution in [2.75, 3.05) is 0 Å². The van der Waals surface area contributed by atoms with Crippen molar-refractivity contribution in [1.29, 1.82) is 0 Å². The number of carbonyl (C=O) groups is 1. The predicted octanol–water partition coefficient (Wildman–Crippen LogP) is 2.73. The Kier molecular flexibility index (Phi) is 5.55. The van der Waals surface area contributed by atoms with Crippen LogP contribution in [0.3, 0.4) is 0 Å². The van der Waals surface area contributed by atoms with Crippen molar-refractivity contribution in [2.45, 2.75) is 58.5 Å². The molecule has 0 heterocycles. The number of aryl methyl sites for hydroxylation is 1. The van der Waals surface area contributed by atoms with E-state index in [0.29, 0.717) is 0 Å². The average Bonchev–Trinajstić information content (AvgIpc) is 2.38. The number of hydrogen-bond acceptors (Lipinski definition) is 2. The molecule has 106 valence electrons. The van der Waals surface area contributed by atoms with Crippen molar-refractivity contribution in [3.8, 4) is 0 Å². The fourth-order valence-corrected chi connectivity index (χ4v) is 2.07. The van der Waals surface area contributed by atoms with Gasteiger partial charge in [-0.15, -0.1) is 0 Å². The molecule has 0 saturated heterocycles. The lowest BCUT2D eigenvalue weighted by Crippen LogP contribution is -2.48. The van der Waals surface area contributed by atoms with Gasteiger partial charge in [-0.2, -0.15) is 0 Å². The Morgan fingerprint density at radius 1 is 1.26 bits per heavy atom. The van der Waals surface area contributed by atoms with Crippen LogP contribution in [0.2, 0.25) is 0 Å². The Labute approximate surface area is 116 Å². The standard InChI is InChI=1S/C16H26N2O/c1-5-7-14(17)15(19)18-16(3,4)13-10-8-12(6-2)9-11-13/h8-11,14H,5-7,17H2,1-4H3,(H,18,19). The summed E-state index contributed by atoms with van der Waals surface area (Å²) in [5.74, 6) is -0.0774. The summed E-state index contributed by atoms with van der Waals surface area (Å²) in [6, 6.07) is 7.94. The van der Waals surface area contributed by atoms with Crippen LogP contribution in [0, 0.1) is 0 Å². The molecule has 1 unspecified atom stereocenters. The van der Waals surface area contributed by atoms with Crippen molar-refractivity contribution in [1.82, 2.24) is 5.32 Å². The van der Waals surface area contributed by atoms with E-state index in [1.807, 2.05) is 20.8 Å². The van der Waals surface area contributed by atoms with Gasteiger partial charge in [0, 0.05) is 0 Å². The zero-order valence-electron chi connectivity index (χ0n) is 12.5. The highest BCUT2D eigenvalue weighted by Gasteiger charge is 2.25. The maximum absolute atomic E-state index is 12.0. The summed E-state index contributed by atoms with van der Waals surface area (Å²) in [6.45, 7) is 8.17. The number of nitrogens with two attached hydrogens (primary N) is 1. The van der Waals surface area contributed by atoms with E-state index in [0.717, 1.165) is 24.8 Å². The molecule has 3 nitrogen and oxygen atoms in total. The number of carbonyl (C=O) groups excluding carboxylic acids is 1.